The summed E-state index contributed by atoms with van der Waals surface area (Å²) < 4.78 is 11.9. The predicted octanol–water partition coefficient (Wildman–Crippen LogP) is 6.06. The molecule has 0 saturated heterocycles. The summed E-state index contributed by atoms with van der Waals surface area (Å²) in [5, 5.41) is 0. The normalized spacial score (nSPS) is 10.5. The Morgan fingerprint density at radius 2 is 1.08 bits per heavy atom. The van der Waals surface area contributed by atoms with E-state index in [9.17, 15) is 0 Å². The molecule has 3 aromatic carbocycles. The first kappa shape index (κ1) is 18.1. The van der Waals surface area contributed by atoms with E-state index in [1.807, 2.05) is 42.5 Å². The predicted molar refractivity (Wildman–Crippen MR) is 107 cm³/mol. The van der Waals surface area contributed by atoms with E-state index in [-0.39, 0.29) is 0 Å². The fraction of sp³-hybridized carbons (Fsp3) is 0.250. The zero-order chi connectivity index (χ0) is 17.9. The fourth-order valence-electron chi connectivity index (χ4n) is 2.86. The van der Waals surface area contributed by atoms with Crippen molar-refractivity contribution in [2.45, 2.75) is 32.3 Å². The van der Waals surface area contributed by atoms with E-state index in [1.54, 1.807) is 0 Å². The summed E-state index contributed by atoms with van der Waals surface area (Å²) in [5.41, 5.74) is 2.57. The number of rotatable bonds is 10. The monoisotopic (exact) mass is 346 g/mol. The molecule has 0 aliphatic carbocycles. The summed E-state index contributed by atoms with van der Waals surface area (Å²) in [7, 11) is 0. The molecule has 26 heavy (non-hydrogen) atoms. The van der Waals surface area contributed by atoms with E-state index in [2.05, 4.69) is 42.5 Å². The number of benzene rings is 3. The second-order valence-corrected chi connectivity index (χ2v) is 6.37. The van der Waals surface area contributed by atoms with E-state index >= 15 is 0 Å². The standard InChI is InChI=1S/C24H26O2/c1-4-12-21(13-5-1)14-8-3-11-19-25-23-17-9-10-18-24(23)26-20-22-15-6-2-7-16-22/h1-2,4-7,9-10,12-13,15-18H,3,8,11,14,19-20H2. The van der Waals surface area contributed by atoms with E-state index in [4.69, 9.17) is 9.47 Å². The molecule has 0 saturated carbocycles. The van der Waals surface area contributed by atoms with E-state index < -0.39 is 0 Å². The molecule has 0 aliphatic rings. The lowest BCUT2D eigenvalue weighted by Gasteiger charge is -2.12. The van der Waals surface area contributed by atoms with Crippen LogP contribution in [0.25, 0.3) is 0 Å². The third-order valence-electron chi connectivity index (χ3n) is 4.30. The zero-order valence-corrected chi connectivity index (χ0v) is 15.1. The van der Waals surface area contributed by atoms with Crippen LogP contribution in [0.1, 0.15) is 30.4 Å². The van der Waals surface area contributed by atoms with Crippen LogP contribution in [-0.2, 0) is 13.0 Å². The first-order valence-electron chi connectivity index (χ1n) is 9.34. The first-order chi connectivity index (χ1) is 12.9. The molecule has 0 unspecified atom stereocenters. The molecule has 0 N–H and O–H groups in total. The Hall–Kier alpha value is -2.74. The Balaban J connectivity index is 1.39. The van der Waals surface area contributed by atoms with Crippen LogP contribution in [0.15, 0.2) is 84.9 Å². The fourth-order valence-corrected chi connectivity index (χ4v) is 2.86. The number of ether oxygens (including phenoxy) is 2. The van der Waals surface area contributed by atoms with Crippen LogP contribution in [0.5, 0.6) is 11.5 Å². The Morgan fingerprint density at radius 1 is 0.500 bits per heavy atom. The second-order valence-electron chi connectivity index (χ2n) is 6.37. The van der Waals surface area contributed by atoms with E-state index in [0.717, 1.165) is 36.5 Å². The van der Waals surface area contributed by atoms with Crippen molar-refractivity contribution in [1.29, 1.82) is 0 Å². The van der Waals surface area contributed by atoms with Crippen molar-refractivity contribution in [3.8, 4) is 11.5 Å². The van der Waals surface area contributed by atoms with Crippen molar-refractivity contribution in [2.75, 3.05) is 6.61 Å². The van der Waals surface area contributed by atoms with Gasteiger partial charge in [-0.15, -0.1) is 0 Å². The second kappa shape index (κ2) is 10.3. The molecular weight excluding hydrogens is 320 g/mol. The number of hydrogen-bond acceptors (Lipinski definition) is 2. The minimum Gasteiger partial charge on any atom is -0.490 e. The van der Waals surface area contributed by atoms with Crippen LogP contribution in [0.3, 0.4) is 0 Å². The number of unbranched alkanes of at least 4 members (excludes halogenated alkanes) is 2. The first-order valence-corrected chi connectivity index (χ1v) is 9.34. The van der Waals surface area contributed by atoms with Crippen LogP contribution in [-0.4, -0.2) is 6.61 Å². The highest BCUT2D eigenvalue weighted by Gasteiger charge is 2.04. The molecule has 3 rings (SSSR count). The van der Waals surface area contributed by atoms with Crippen LogP contribution < -0.4 is 9.47 Å². The Labute approximate surface area is 156 Å². The Morgan fingerprint density at radius 3 is 1.77 bits per heavy atom. The molecular formula is C24H26O2. The molecule has 134 valence electrons. The lowest BCUT2D eigenvalue weighted by Crippen LogP contribution is -2.01. The molecule has 0 heterocycles. The molecule has 3 aromatic rings. The minimum absolute atomic E-state index is 0.554. The molecule has 0 bridgehead atoms. The minimum atomic E-state index is 0.554. The smallest absolute Gasteiger partial charge is 0.161 e. The molecule has 0 spiro atoms. The quantitative estimate of drug-likeness (QED) is 0.416. The molecule has 2 heteroatoms. The molecule has 0 amide bonds. The maximum absolute atomic E-state index is 5.95. The van der Waals surface area contributed by atoms with Gasteiger partial charge in [0.05, 0.1) is 6.61 Å². The van der Waals surface area contributed by atoms with Gasteiger partial charge in [-0.25, -0.2) is 0 Å². The van der Waals surface area contributed by atoms with Gasteiger partial charge in [0.2, 0.25) is 0 Å². The Kier molecular flexibility index (Phi) is 7.15. The summed E-state index contributed by atoms with van der Waals surface area (Å²) in [6.45, 7) is 1.28. The van der Waals surface area contributed by atoms with Gasteiger partial charge < -0.3 is 9.47 Å². The molecule has 0 aromatic heterocycles. The number of aryl methyl sites for hydroxylation is 1. The summed E-state index contributed by atoms with van der Waals surface area (Å²) in [5.74, 6) is 1.63. The number of hydrogen-bond donors (Lipinski definition) is 0. The van der Waals surface area contributed by atoms with Gasteiger partial charge in [-0.1, -0.05) is 72.8 Å². The van der Waals surface area contributed by atoms with Crippen LogP contribution in [0.2, 0.25) is 0 Å². The van der Waals surface area contributed by atoms with Gasteiger partial charge in [0.1, 0.15) is 6.61 Å². The maximum atomic E-state index is 5.95. The van der Waals surface area contributed by atoms with Gasteiger partial charge in [-0.2, -0.15) is 0 Å². The highest BCUT2D eigenvalue weighted by atomic mass is 16.5. The SMILES string of the molecule is c1ccc(CCCCCOc2ccccc2OCc2ccccc2)cc1. The van der Waals surface area contributed by atoms with Gasteiger partial charge in [0.15, 0.2) is 11.5 Å². The Bertz CT molecular complexity index is 753. The van der Waals surface area contributed by atoms with Crippen molar-refractivity contribution in [3.05, 3.63) is 96.1 Å². The van der Waals surface area contributed by atoms with Crippen molar-refractivity contribution in [1.82, 2.24) is 0 Å². The average Bonchev–Trinajstić information content (AvgIpc) is 2.71. The lowest BCUT2D eigenvalue weighted by atomic mass is 10.1. The zero-order valence-electron chi connectivity index (χ0n) is 15.1. The molecule has 2 nitrogen and oxygen atoms in total. The largest absolute Gasteiger partial charge is 0.490 e. The van der Waals surface area contributed by atoms with Crippen LogP contribution in [0, 0.1) is 0 Å². The highest BCUT2D eigenvalue weighted by Crippen LogP contribution is 2.27. The van der Waals surface area contributed by atoms with Gasteiger partial charge in [0, 0.05) is 0 Å². The highest BCUT2D eigenvalue weighted by molar-refractivity contribution is 5.39. The summed E-state index contributed by atoms with van der Waals surface area (Å²) in [4.78, 5) is 0. The van der Waals surface area contributed by atoms with Gasteiger partial charge in [-0.3, -0.25) is 0 Å². The van der Waals surface area contributed by atoms with Crippen molar-refractivity contribution in [2.24, 2.45) is 0 Å². The van der Waals surface area contributed by atoms with E-state index in [0.29, 0.717) is 6.61 Å². The number of para-hydroxylation sites is 2. The van der Waals surface area contributed by atoms with Crippen LogP contribution in [0.4, 0.5) is 0 Å². The molecule has 0 atom stereocenters. The van der Waals surface area contributed by atoms with Gasteiger partial charge in [0.25, 0.3) is 0 Å². The van der Waals surface area contributed by atoms with Crippen LogP contribution >= 0.6 is 0 Å². The third kappa shape index (κ3) is 5.96. The third-order valence-corrected chi connectivity index (χ3v) is 4.30. The van der Waals surface area contributed by atoms with Gasteiger partial charge >= 0.3 is 0 Å². The van der Waals surface area contributed by atoms with Crippen molar-refractivity contribution in [3.63, 3.8) is 0 Å². The topological polar surface area (TPSA) is 18.5 Å². The lowest BCUT2D eigenvalue weighted by molar-refractivity contribution is 0.257. The van der Waals surface area contributed by atoms with Crippen molar-refractivity contribution >= 4 is 0 Å². The maximum Gasteiger partial charge on any atom is 0.161 e. The van der Waals surface area contributed by atoms with Gasteiger partial charge in [-0.05, 0) is 48.9 Å². The summed E-state index contributed by atoms with van der Waals surface area (Å²) in [6, 6.07) is 28.8. The summed E-state index contributed by atoms with van der Waals surface area (Å²) in [6.07, 6.45) is 4.55. The van der Waals surface area contributed by atoms with E-state index in [1.165, 1.54) is 18.4 Å². The average molecular weight is 346 g/mol. The molecule has 0 radical (unpaired) electrons. The molecule has 0 fully saturated rings. The molecule has 0 aliphatic heterocycles. The summed E-state index contributed by atoms with van der Waals surface area (Å²) >= 11 is 0. The van der Waals surface area contributed by atoms with Crippen molar-refractivity contribution < 1.29 is 9.47 Å².